The van der Waals surface area contributed by atoms with Gasteiger partial charge in [0.1, 0.15) is 0 Å². The van der Waals surface area contributed by atoms with Crippen LogP contribution in [0.15, 0.2) is 0 Å². The third-order valence-corrected chi connectivity index (χ3v) is 2.74. The molecule has 1 heterocycles. The van der Waals surface area contributed by atoms with Crippen LogP contribution >= 0.6 is 0 Å². The van der Waals surface area contributed by atoms with Crippen molar-refractivity contribution in [1.29, 1.82) is 0 Å². The molecule has 0 aliphatic carbocycles. The zero-order valence-corrected chi connectivity index (χ0v) is 7.09. The van der Waals surface area contributed by atoms with Gasteiger partial charge >= 0.3 is 0 Å². The molecule has 2 N–H and O–H groups in total. The second-order valence-corrected chi connectivity index (χ2v) is 3.73. The monoisotopic (exact) mass is 144 g/mol. The summed E-state index contributed by atoms with van der Waals surface area (Å²) in [5, 5.41) is 9.45. The van der Waals surface area contributed by atoms with Crippen LogP contribution in [0.2, 0.25) is 0 Å². The number of aliphatic hydroxyl groups excluding tert-OH is 1. The Morgan fingerprint density at radius 1 is 1.40 bits per heavy atom. The van der Waals surface area contributed by atoms with Crippen molar-refractivity contribution in [1.82, 2.24) is 0 Å². The molecule has 4 unspecified atom stereocenters. The highest BCUT2D eigenvalue weighted by Gasteiger charge is 2.30. The van der Waals surface area contributed by atoms with E-state index in [1.165, 1.54) is 0 Å². The fourth-order valence-electron chi connectivity index (χ4n) is 1.64. The van der Waals surface area contributed by atoms with Gasteiger partial charge in [-0.2, -0.15) is 0 Å². The third kappa shape index (κ3) is 1.50. The summed E-state index contributed by atoms with van der Waals surface area (Å²) in [4.78, 5) is 1.55. The van der Waals surface area contributed by atoms with Crippen LogP contribution in [0.4, 0.5) is 0 Å². The van der Waals surface area contributed by atoms with Gasteiger partial charge in [0.2, 0.25) is 0 Å². The second kappa shape index (κ2) is 2.89. The van der Waals surface area contributed by atoms with E-state index < -0.39 is 0 Å². The van der Waals surface area contributed by atoms with E-state index in [9.17, 15) is 5.11 Å². The molecule has 0 aromatic heterocycles. The largest absolute Gasteiger partial charge is 0.392 e. The lowest BCUT2D eigenvalue weighted by molar-refractivity contribution is -0.914. The maximum atomic E-state index is 9.45. The van der Waals surface area contributed by atoms with E-state index in [0.717, 1.165) is 13.0 Å². The third-order valence-electron chi connectivity index (χ3n) is 2.74. The van der Waals surface area contributed by atoms with E-state index in [1.807, 2.05) is 0 Å². The van der Waals surface area contributed by atoms with Gasteiger partial charge in [-0.05, 0) is 6.92 Å². The lowest BCUT2D eigenvalue weighted by Crippen LogP contribution is -3.14. The molecule has 0 saturated carbocycles. The summed E-state index contributed by atoms with van der Waals surface area (Å²) in [6.45, 7) is 5.44. The van der Waals surface area contributed by atoms with Crippen LogP contribution in [-0.2, 0) is 0 Å². The van der Waals surface area contributed by atoms with E-state index in [1.54, 1.807) is 4.90 Å². The molecule has 1 saturated heterocycles. The first kappa shape index (κ1) is 8.02. The Bertz CT molecular complexity index is 89.8. The molecule has 1 fully saturated rings. The SMILES string of the molecule is CC1C[NH+](C)C(C)CC1O. The van der Waals surface area contributed by atoms with Crippen LogP contribution in [0, 0.1) is 5.92 Å². The molecule has 0 aromatic carbocycles. The number of nitrogens with one attached hydrogen (secondary N) is 1. The Morgan fingerprint density at radius 2 is 2.00 bits per heavy atom. The molecule has 60 valence electrons. The van der Waals surface area contributed by atoms with E-state index in [4.69, 9.17) is 0 Å². The number of aliphatic hydroxyl groups is 1. The summed E-state index contributed by atoms with van der Waals surface area (Å²) in [5.41, 5.74) is 0. The Labute approximate surface area is 62.8 Å². The molecular weight excluding hydrogens is 126 g/mol. The zero-order valence-electron chi connectivity index (χ0n) is 7.09. The van der Waals surface area contributed by atoms with Crippen molar-refractivity contribution in [2.45, 2.75) is 32.4 Å². The predicted octanol–water partition coefficient (Wildman–Crippen LogP) is -0.710. The van der Waals surface area contributed by atoms with Crippen molar-refractivity contribution in [3.8, 4) is 0 Å². The van der Waals surface area contributed by atoms with Crippen molar-refractivity contribution in [2.75, 3.05) is 13.6 Å². The van der Waals surface area contributed by atoms with Crippen molar-refractivity contribution < 1.29 is 10.0 Å². The quantitative estimate of drug-likeness (QED) is 0.461. The first-order chi connectivity index (χ1) is 4.61. The highest BCUT2D eigenvalue weighted by atomic mass is 16.3. The lowest BCUT2D eigenvalue weighted by atomic mass is 9.93. The predicted molar refractivity (Wildman–Crippen MR) is 41.0 cm³/mol. The van der Waals surface area contributed by atoms with E-state index in [-0.39, 0.29) is 6.10 Å². The van der Waals surface area contributed by atoms with Gasteiger partial charge in [-0.3, -0.25) is 0 Å². The molecule has 0 amide bonds. The molecule has 4 atom stereocenters. The maximum absolute atomic E-state index is 9.45. The van der Waals surface area contributed by atoms with Crippen molar-refractivity contribution in [2.24, 2.45) is 5.92 Å². The molecule has 0 aromatic rings. The van der Waals surface area contributed by atoms with Gasteiger partial charge in [0.05, 0.1) is 25.7 Å². The van der Waals surface area contributed by atoms with Crippen LogP contribution in [-0.4, -0.2) is 30.8 Å². The normalized spacial score (nSPS) is 49.2. The van der Waals surface area contributed by atoms with Gasteiger partial charge in [-0.1, -0.05) is 6.92 Å². The molecule has 1 aliphatic heterocycles. The van der Waals surface area contributed by atoms with Crippen LogP contribution in [0.5, 0.6) is 0 Å². The maximum Gasteiger partial charge on any atom is 0.0869 e. The summed E-state index contributed by atoms with van der Waals surface area (Å²) >= 11 is 0. The highest BCUT2D eigenvalue weighted by molar-refractivity contribution is 4.70. The average molecular weight is 144 g/mol. The minimum atomic E-state index is -0.0568. The molecule has 10 heavy (non-hydrogen) atoms. The van der Waals surface area contributed by atoms with Gasteiger partial charge in [0.25, 0.3) is 0 Å². The Kier molecular flexibility index (Phi) is 2.32. The van der Waals surface area contributed by atoms with Gasteiger partial charge in [0.15, 0.2) is 0 Å². The van der Waals surface area contributed by atoms with Gasteiger partial charge < -0.3 is 10.0 Å². The van der Waals surface area contributed by atoms with Gasteiger partial charge in [-0.15, -0.1) is 0 Å². The first-order valence-corrected chi connectivity index (χ1v) is 4.11. The van der Waals surface area contributed by atoms with Crippen molar-refractivity contribution in [3.63, 3.8) is 0 Å². The van der Waals surface area contributed by atoms with Crippen molar-refractivity contribution in [3.05, 3.63) is 0 Å². The van der Waals surface area contributed by atoms with Crippen LogP contribution in [0.1, 0.15) is 20.3 Å². The molecule has 2 nitrogen and oxygen atoms in total. The summed E-state index contributed by atoms with van der Waals surface area (Å²) < 4.78 is 0. The molecule has 0 radical (unpaired) electrons. The smallest absolute Gasteiger partial charge is 0.0869 e. The first-order valence-electron chi connectivity index (χ1n) is 4.11. The molecule has 0 bridgehead atoms. The summed E-state index contributed by atoms with van der Waals surface area (Å²) in [7, 11) is 2.20. The fraction of sp³-hybridized carbons (Fsp3) is 1.00. The standard InChI is InChI=1S/C8H17NO/c1-6-5-9(3)7(2)4-8(6)10/h6-8,10H,4-5H2,1-3H3/p+1. The second-order valence-electron chi connectivity index (χ2n) is 3.73. The van der Waals surface area contributed by atoms with Gasteiger partial charge in [0, 0.05) is 12.3 Å². The Morgan fingerprint density at radius 3 is 2.50 bits per heavy atom. The Balaban J connectivity index is 2.46. The number of likely N-dealkylation sites (tertiary alicyclic amines) is 1. The molecule has 2 heteroatoms. The van der Waals surface area contributed by atoms with Crippen LogP contribution in [0.25, 0.3) is 0 Å². The number of quaternary nitrogens is 1. The minimum Gasteiger partial charge on any atom is -0.392 e. The molecular formula is C8H18NO+. The number of hydrogen-bond donors (Lipinski definition) is 2. The van der Waals surface area contributed by atoms with Crippen molar-refractivity contribution >= 4 is 0 Å². The van der Waals surface area contributed by atoms with Crippen LogP contribution in [0.3, 0.4) is 0 Å². The van der Waals surface area contributed by atoms with Crippen LogP contribution < -0.4 is 4.90 Å². The van der Waals surface area contributed by atoms with Gasteiger partial charge in [-0.25, -0.2) is 0 Å². The molecule has 1 rings (SSSR count). The fourth-order valence-corrected chi connectivity index (χ4v) is 1.64. The minimum absolute atomic E-state index is 0.0568. The molecule has 0 spiro atoms. The number of piperidine rings is 1. The van der Waals surface area contributed by atoms with E-state index in [0.29, 0.717) is 12.0 Å². The average Bonchev–Trinajstić information content (AvgIpc) is 1.84. The Hall–Kier alpha value is -0.0800. The molecule has 1 aliphatic rings. The zero-order chi connectivity index (χ0) is 7.72. The summed E-state index contributed by atoms with van der Waals surface area (Å²) in [6.07, 6.45) is 0.909. The number of hydrogen-bond acceptors (Lipinski definition) is 1. The summed E-state index contributed by atoms with van der Waals surface area (Å²) in [5.74, 6) is 0.483. The lowest BCUT2D eigenvalue weighted by Gasteiger charge is -2.34. The number of rotatable bonds is 0. The van der Waals surface area contributed by atoms with E-state index in [2.05, 4.69) is 20.9 Å². The highest BCUT2D eigenvalue weighted by Crippen LogP contribution is 2.10. The summed E-state index contributed by atoms with van der Waals surface area (Å²) in [6, 6.07) is 0.631. The van der Waals surface area contributed by atoms with E-state index >= 15 is 0 Å². The topological polar surface area (TPSA) is 24.7 Å².